The first-order valence-electron chi connectivity index (χ1n) is 7.90. The van der Waals surface area contributed by atoms with Gasteiger partial charge in [-0.1, -0.05) is 36.4 Å². The van der Waals surface area contributed by atoms with Gasteiger partial charge in [0.05, 0.1) is 5.56 Å². The maximum Gasteiger partial charge on any atom is 0.253 e. The average Bonchev–Trinajstić information content (AvgIpc) is 3.04. The quantitative estimate of drug-likeness (QED) is 0.726. The second-order valence-electron chi connectivity index (χ2n) is 5.76. The third-order valence-corrected chi connectivity index (χ3v) is 4.93. The minimum absolute atomic E-state index is 0.142. The number of hydrogen-bond donors (Lipinski definition) is 2. The summed E-state index contributed by atoms with van der Waals surface area (Å²) in [6.07, 6.45) is 1.55. The zero-order valence-electron chi connectivity index (χ0n) is 14.1. The third kappa shape index (κ3) is 3.73. The van der Waals surface area contributed by atoms with Crippen LogP contribution < -0.4 is 16.6 Å². The standard InChI is InChI=1S/C19H17N3O3S/c1-12-6-5-9-22(19(12)25)11-16(23)21-18-14(17(20)24)10-15(26-18)13-7-3-2-4-8-13/h2-10H,11H2,1H3,(H2,20,24)(H,21,23). The van der Waals surface area contributed by atoms with Gasteiger partial charge in [-0.15, -0.1) is 11.3 Å². The largest absolute Gasteiger partial charge is 0.366 e. The van der Waals surface area contributed by atoms with Crippen LogP contribution in [0.5, 0.6) is 0 Å². The van der Waals surface area contributed by atoms with Crippen LogP contribution >= 0.6 is 11.3 Å². The highest BCUT2D eigenvalue weighted by Gasteiger charge is 2.17. The maximum absolute atomic E-state index is 12.3. The fraction of sp³-hybridized carbons (Fsp3) is 0.105. The van der Waals surface area contributed by atoms with Gasteiger partial charge in [0.1, 0.15) is 11.5 Å². The summed E-state index contributed by atoms with van der Waals surface area (Å²) in [6.45, 7) is 1.55. The van der Waals surface area contributed by atoms with E-state index in [1.807, 2.05) is 30.3 Å². The van der Waals surface area contributed by atoms with Crippen LogP contribution in [-0.4, -0.2) is 16.4 Å². The monoisotopic (exact) mass is 367 g/mol. The molecule has 0 radical (unpaired) electrons. The number of aryl methyl sites for hydroxylation is 1. The van der Waals surface area contributed by atoms with E-state index in [1.54, 1.807) is 31.3 Å². The number of aromatic nitrogens is 1. The number of rotatable bonds is 5. The van der Waals surface area contributed by atoms with Crippen LogP contribution in [0.1, 0.15) is 15.9 Å². The molecular weight excluding hydrogens is 350 g/mol. The van der Waals surface area contributed by atoms with Crippen molar-refractivity contribution < 1.29 is 9.59 Å². The Morgan fingerprint density at radius 2 is 1.88 bits per heavy atom. The van der Waals surface area contributed by atoms with E-state index in [0.717, 1.165) is 10.4 Å². The molecule has 0 spiro atoms. The van der Waals surface area contributed by atoms with Crippen molar-refractivity contribution in [1.82, 2.24) is 4.57 Å². The van der Waals surface area contributed by atoms with Gasteiger partial charge in [-0.25, -0.2) is 0 Å². The first kappa shape index (κ1) is 17.6. The molecule has 0 atom stereocenters. The van der Waals surface area contributed by atoms with E-state index in [9.17, 15) is 14.4 Å². The number of primary amides is 1. The van der Waals surface area contributed by atoms with Crippen molar-refractivity contribution in [2.24, 2.45) is 5.73 Å². The minimum atomic E-state index is -0.619. The first-order valence-corrected chi connectivity index (χ1v) is 8.72. The molecule has 0 unspecified atom stereocenters. The number of benzene rings is 1. The lowest BCUT2D eigenvalue weighted by Gasteiger charge is -2.07. The molecule has 3 aromatic rings. The number of hydrogen-bond acceptors (Lipinski definition) is 4. The molecule has 2 aromatic heterocycles. The third-order valence-electron chi connectivity index (χ3n) is 3.83. The lowest BCUT2D eigenvalue weighted by Crippen LogP contribution is -2.28. The summed E-state index contributed by atoms with van der Waals surface area (Å²) in [4.78, 5) is 36.9. The molecule has 0 aliphatic carbocycles. The summed E-state index contributed by atoms with van der Waals surface area (Å²) in [5, 5.41) is 3.07. The number of amides is 2. The van der Waals surface area contributed by atoms with Gasteiger partial charge in [-0.05, 0) is 24.6 Å². The summed E-state index contributed by atoms with van der Waals surface area (Å²) in [7, 11) is 0. The Morgan fingerprint density at radius 1 is 1.15 bits per heavy atom. The van der Waals surface area contributed by atoms with E-state index in [4.69, 9.17) is 5.73 Å². The summed E-state index contributed by atoms with van der Waals surface area (Å²) in [6, 6.07) is 14.6. The van der Waals surface area contributed by atoms with Crippen molar-refractivity contribution in [3.05, 3.63) is 76.2 Å². The van der Waals surface area contributed by atoms with Crippen LogP contribution in [-0.2, 0) is 11.3 Å². The number of carbonyl (C=O) groups excluding carboxylic acids is 2. The zero-order valence-corrected chi connectivity index (χ0v) is 14.9. The Kier molecular flexibility index (Phi) is 4.99. The molecule has 0 bridgehead atoms. The highest BCUT2D eigenvalue weighted by molar-refractivity contribution is 7.20. The predicted molar refractivity (Wildman–Crippen MR) is 102 cm³/mol. The van der Waals surface area contributed by atoms with Crippen molar-refractivity contribution >= 4 is 28.2 Å². The van der Waals surface area contributed by atoms with Crippen LogP contribution in [0.15, 0.2) is 59.5 Å². The summed E-state index contributed by atoms with van der Waals surface area (Å²) in [5.41, 5.74) is 6.94. The summed E-state index contributed by atoms with van der Waals surface area (Å²) in [5.74, 6) is -1.02. The van der Waals surface area contributed by atoms with Gasteiger partial charge in [0, 0.05) is 16.6 Å². The Hall–Kier alpha value is -3.19. The molecule has 0 saturated carbocycles. The maximum atomic E-state index is 12.3. The molecule has 132 valence electrons. The second-order valence-corrected chi connectivity index (χ2v) is 6.81. The zero-order chi connectivity index (χ0) is 18.7. The Labute approximate surface area is 153 Å². The number of nitrogens with one attached hydrogen (secondary N) is 1. The van der Waals surface area contributed by atoms with Crippen molar-refractivity contribution in [3.63, 3.8) is 0 Å². The Balaban J connectivity index is 1.86. The van der Waals surface area contributed by atoms with E-state index >= 15 is 0 Å². The number of anilines is 1. The Morgan fingerprint density at radius 3 is 2.58 bits per heavy atom. The van der Waals surface area contributed by atoms with Gasteiger partial charge in [0.15, 0.2) is 0 Å². The fourth-order valence-electron chi connectivity index (χ4n) is 2.51. The average molecular weight is 367 g/mol. The minimum Gasteiger partial charge on any atom is -0.366 e. The molecule has 0 fully saturated rings. The molecule has 3 rings (SSSR count). The van der Waals surface area contributed by atoms with Crippen molar-refractivity contribution in [2.45, 2.75) is 13.5 Å². The van der Waals surface area contributed by atoms with Gasteiger partial charge >= 0.3 is 0 Å². The van der Waals surface area contributed by atoms with Gasteiger partial charge in [-0.2, -0.15) is 0 Å². The normalized spacial score (nSPS) is 10.5. The highest BCUT2D eigenvalue weighted by atomic mass is 32.1. The van der Waals surface area contributed by atoms with E-state index < -0.39 is 11.8 Å². The van der Waals surface area contributed by atoms with Crippen molar-refractivity contribution in [1.29, 1.82) is 0 Å². The summed E-state index contributed by atoms with van der Waals surface area (Å²) < 4.78 is 1.32. The first-order chi connectivity index (χ1) is 12.5. The Bertz CT molecular complexity index is 1020. The molecule has 3 N–H and O–H groups in total. The van der Waals surface area contributed by atoms with Gasteiger partial charge in [-0.3, -0.25) is 14.4 Å². The summed E-state index contributed by atoms with van der Waals surface area (Å²) >= 11 is 1.27. The van der Waals surface area contributed by atoms with Crippen LogP contribution in [0.3, 0.4) is 0 Å². The molecule has 7 heteroatoms. The molecule has 0 aliphatic rings. The molecule has 0 aliphatic heterocycles. The van der Waals surface area contributed by atoms with Crippen molar-refractivity contribution in [3.8, 4) is 10.4 Å². The van der Waals surface area contributed by atoms with E-state index in [1.165, 1.54) is 15.9 Å². The van der Waals surface area contributed by atoms with Crippen LogP contribution in [0.25, 0.3) is 10.4 Å². The molecular formula is C19H17N3O3S. The highest BCUT2D eigenvalue weighted by Crippen LogP contribution is 2.35. The molecule has 2 amide bonds. The SMILES string of the molecule is Cc1cccn(CC(=O)Nc2sc(-c3ccccc3)cc2C(N)=O)c1=O. The lowest BCUT2D eigenvalue weighted by atomic mass is 10.1. The van der Waals surface area contributed by atoms with Gasteiger partial charge in [0.25, 0.3) is 11.5 Å². The second kappa shape index (κ2) is 7.37. The van der Waals surface area contributed by atoms with Crippen molar-refractivity contribution in [2.75, 3.05) is 5.32 Å². The number of thiophene rings is 1. The van der Waals surface area contributed by atoms with Gasteiger partial charge in [0.2, 0.25) is 5.91 Å². The van der Waals surface area contributed by atoms with Gasteiger partial charge < -0.3 is 15.6 Å². The molecule has 6 nitrogen and oxygen atoms in total. The number of pyridine rings is 1. The lowest BCUT2D eigenvalue weighted by molar-refractivity contribution is -0.116. The molecule has 0 saturated heterocycles. The van der Waals surface area contributed by atoms with E-state index in [0.29, 0.717) is 10.6 Å². The fourth-order valence-corrected chi connectivity index (χ4v) is 3.60. The number of carbonyl (C=O) groups is 2. The van der Waals surface area contributed by atoms with E-state index in [-0.39, 0.29) is 17.7 Å². The van der Waals surface area contributed by atoms with Crippen LogP contribution in [0.4, 0.5) is 5.00 Å². The topological polar surface area (TPSA) is 94.2 Å². The molecule has 2 heterocycles. The van der Waals surface area contributed by atoms with E-state index in [2.05, 4.69) is 5.32 Å². The molecule has 26 heavy (non-hydrogen) atoms. The van der Waals surface area contributed by atoms with Crippen LogP contribution in [0.2, 0.25) is 0 Å². The number of nitrogens with two attached hydrogens (primary N) is 1. The number of nitrogens with zero attached hydrogens (tertiary/aromatic N) is 1. The predicted octanol–water partition coefficient (Wildman–Crippen LogP) is 2.62. The molecule has 1 aromatic carbocycles. The smallest absolute Gasteiger partial charge is 0.253 e. The van der Waals surface area contributed by atoms with Crippen LogP contribution in [0, 0.1) is 6.92 Å².